The maximum absolute atomic E-state index is 15.2. The summed E-state index contributed by atoms with van der Waals surface area (Å²) in [5, 5.41) is 106. The predicted molar refractivity (Wildman–Crippen MR) is 225 cm³/mol. The van der Waals surface area contributed by atoms with Crippen LogP contribution in [-0.2, 0) is 38.0 Å². The number of aliphatic hydroxyl groups excluding tert-OH is 9. The molecular weight excluding hydrogens is 852 g/mol. The van der Waals surface area contributed by atoms with Gasteiger partial charge in [0.2, 0.25) is 0 Å². The van der Waals surface area contributed by atoms with Gasteiger partial charge in [0, 0.05) is 16.7 Å². The molecule has 0 aromatic rings. The lowest BCUT2D eigenvalue weighted by Gasteiger charge is -2.71. The molecule has 24 unspecified atom stereocenters. The number of ether oxygens (including phenoxy) is 6. The van der Waals surface area contributed by atoms with Crippen LogP contribution in [0.15, 0.2) is 11.6 Å². The number of hydrogen-bond donors (Lipinski definition) is 10. The third-order valence-electron chi connectivity index (χ3n) is 18.8. The molecule has 3 aliphatic heterocycles. The summed E-state index contributed by atoms with van der Waals surface area (Å²) in [4.78, 5) is 27.5. The number of carbonyl (C=O) groups excluding carboxylic acids is 1. The molecule has 18 heteroatoms. The number of carboxylic acid groups (broad SMARTS) is 1. The molecule has 3 heterocycles. The van der Waals surface area contributed by atoms with E-state index in [-0.39, 0.29) is 29.6 Å². The fourth-order valence-corrected chi connectivity index (χ4v) is 14.7. The number of aliphatic hydroxyl groups is 9. The number of allylic oxidation sites excluding steroid dienone is 2. The summed E-state index contributed by atoms with van der Waals surface area (Å²) >= 11 is 0. The Morgan fingerprint density at radius 1 is 0.708 bits per heavy atom. The van der Waals surface area contributed by atoms with Gasteiger partial charge in [-0.25, -0.2) is 4.79 Å². The second kappa shape index (κ2) is 17.0. The zero-order valence-corrected chi connectivity index (χ0v) is 38.9. The van der Waals surface area contributed by atoms with Crippen molar-refractivity contribution in [3.8, 4) is 0 Å². The fourth-order valence-electron chi connectivity index (χ4n) is 14.7. The molecule has 0 amide bonds. The second-order valence-electron chi connectivity index (χ2n) is 23.1. The third-order valence-corrected chi connectivity index (χ3v) is 18.8. The molecule has 18 nitrogen and oxygen atoms in total. The standard InChI is InChI=1S/C47H74O18/c1-20-28(51)30(53)34(57)40(61-20)63-27-17-42(2,3)16-22-21-15-23(49)37-44(5)11-10-26(45(6,19-48)25(44)9-12-47(37,8)46(21,7)14-13-43(22,27)4)62-41-36(32(55)31(54)35(64-41)38(58)59)65-39-33(56)29(52)24(50)18-60-39/h15,20,22,24-37,39-41,48,50-57H,9-14,16-19H2,1-8H3,(H,58,59). The van der Waals surface area contributed by atoms with Gasteiger partial charge in [-0.1, -0.05) is 54.0 Å². The first kappa shape index (κ1) is 49.7. The van der Waals surface area contributed by atoms with E-state index in [2.05, 4.69) is 41.5 Å². The van der Waals surface area contributed by atoms with Gasteiger partial charge >= 0.3 is 5.97 Å². The van der Waals surface area contributed by atoms with Crippen molar-refractivity contribution in [1.82, 2.24) is 0 Å². The highest BCUT2D eigenvalue weighted by atomic mass is 16.8. The van der Waals surface area contributed by atoms with Crippen molar-refractivity contribution in [3.05, 3.63) is 11.6 Å². The fraction of sp³-hybridized carbons (Fsp3) is 0.915. The Balaban J connectivity index is 1.08. The Morgan fingerprint density at radius 2 is 1.37 bits per heavy atom. The Morgan fingerprint density at radius 3 is 2.03 bits per heavy atom. The van der Waals surface area contributed by atoms with Gasteiger partial charge in [-0.05, 0) is 97.9 Å². The van der Waals surface area contributed by atoms with E-state index < -0.39 is 144 Å². The topological polar surface area (TPSA) is 292 Å². The van der Waals surface area contributed by atoms with Crippen molar-refractivity contribution in [3.63, 3.8) is 0 Å². The highest BCUT2D eigenvalue weighted by Gasteiger charge is 2.72. The lowest BCUT2D eigenvalue weighted by atomic mass is 9.33. The second-order valence-corrected chi connectivity index (χ2v) is 23.1. The first-order valence-corrected chi connectivity index (χ1v) is 23.6. The van der Waals surface area contributed by atoms with E-state index in [9.17, 15) is 55.9 Å². The van der Waals surface area contributed by atoms with E-state index in [1.807, 2.05) is 13.0 Å². The van der Waals surface area contributed by atoms with Gasteiger partial charge in [-0.2, -0.15) is 0 Å². The summed E-state index contributed by atoms with van der Waals surface area (Å²) in [5.41, 5.74) is -2.14. The van der Waals surface area contributed by atoms with Crippen LogP contribution < -0.4 is 0 Å². The van der Waals surface area contributed by atoms with Gasteiger partial charge in [-0.15, -0.1) is 0 Å². The summed E-state index contributed by atoms with van der Waals surface area (Å²) in [6.45, 7) is 16.0. The molecule has 5 aliphatic carbocycles. The highest BCUT2D eigenvalue weighted by Crippen LogP contribution is 2.75. The Kier molecular flexibility index (Phi) is 13.0. The minimum absolute atomic E-state index is 0.0257. The molecule has 0 aromatic carbocycles. The molecule has 0 aromatic heterocycles. The molecule has 8 rings (SSSR count). The van der Waals surface area contributed by atoms with Crippen molar-refractivity contribution in [2.45, 2.75) is 205 Å². The number of aliphatic carboxylic acids is 1. The number of rotatable bonds is 8. The maximum atomic E-state index is 15.2. The number of fused-ring (bicyclic) bond motifs is 7. The number of carboxylic acids is 1. The number of carbonyl (C=O) groups is 2. The Labute approximate surface area is 380 Å². The molecule has 370 valence electrons. The van der Waals surface area contributed by atoms with Crippen LogP contribution in [-0.4, -0.2) is 174 Å². The van der Waals surface area contributed by atoms with Crippen molar-refractivity contribution in [1.29, 1.82) is 0 Å². The van der Waals surface area contributed by atoms with Crippen molar-refractivity contribution >= 4 is 11.8 Å². The molecular formula is C47H74O18. The minimum Gasteiger partial charge on any atom is -0.479 e. The van der Waals surface area contributed by atoms with Crippen LogP contribution in [0.1, 0.15) is 107 Å². The molecule has 0 spiro atoms. The quantitative estimate of drug-likeness (QED) is 0.149. The molecule has 10 N–H and O–H groups in total. The molecule has 8 aliphatic rings. The lowest BCUT2D eigenvalue weighted by Crippen LogP contribution is -2.69. The van der Waals surface area contributed by atoms with Crippen molar-refractivity contribution < 1.29 is 89.1 Å². The van der Waals surface area contributed by atoms with Crippen LogP contribution in [0, 0.1) is 50.2 Å². The van der Waals surface area contributed by atoms with Crippen LogP contribution in [0.25, 0.3) is 0 Å². The zero-order chi connectivity index (χ0) is 47.7. The third kappa shape index (κ3) is 7.62. The molecule has 0 bridgehead atoms. The van der Waals surface area contributed by atoms with E-state index in [4.69, 9.17) is 28.4 Å². The van der Waals surface area contributed by atoms with Gasteiger partial charge < -0.3 is 79.5 Å². The molecule has 24 atom stereocenters. The summed E-state index contributed by atoms with van der Waals surface area (Å²) in [5.74, 6) is -2.32. The molecule has 7 fully saturated rings. The van der Waals surface area contributed by atoms with Gasteiger partial charge in [0.1, 0.15) is 54.9 Å². The SMILES string of the molecule is CC1OC(OC2CC(C)(C)CC3C4=CC(=O)C5C6(C)CCC(OC7OC(C(=O)O)C(O)C(O)C7OC7OCC(O)C(O)C7O)C(C)(CO)C6CCC5(C)C4(C)CCC23C)C(O)C(O)C1O. The first-order valence-electron chi connectivity index (χ1n) is 23.6. The average Bonchev–Trinajstić information content (AvgIpc) is 3.23. The van der Waals surface area contributed by atoms with Gasteiger partial charge in [0.15, 0.2) is 30.8 Å². The maximum Gasteiger partial charge on any atom is 0.335 e. The van der Waals surface area contributed by atoms with E-state index in [0.717, 1.165) is 24.8 Å². The largest absolute Gasteiger partial charge is 0.479 e. The average molecular weight is 927 g/mol. The van der Waals surface area contributed by atoms with Crippen LogP contribution in [0.4, 0.5) is 0 Å². The number of hydrogen-bond acceptors (Lipinski definition) is 17. The normalized spacial score (nSPS) is 55.5. The van der Waals surface area contributed by atoms with E-state index in [0.29, 0.717) is 32.1 Å². The lowest BCUT2D eigenvalue weighted by molar-refractivity contribution is -0.367. The van der Waals surface area contributed by atoms with Crippen LogP contribution in [0.3, 0.4) is 0 Å². The van der Waals surface area contributed by atoms with Crippen LogP contribution >= 0.6 is 0 Å². The summed E-state index contributed by atoms with van der Waals surface area (Å²) < 4.78 is 36.3. The Hall–Kier alpha value is -1.72. The van der Waals surface area contributed by atoms with Gasteiger partial charge in [-0.3, -0.25) is 4.79 Å². The summed E-state index contributed by atoms with van der Waals surface area (Å²) in [6.07, 6.45) is -15.9. The van der Waals surface area contributed by atoms with E-state index in [1.54, 1.807) is 6.92 Å². The monoisotopic (exact) mass is 926 g/mol. The molecule has 65 heavy (non-hydrogen) atoms. The van der Waals surface area contributed by atoms with Gasteiger partial charge in [0.05, 0.1) is 31.5 Å². The van der Waals surface area contributed by atoms with Gasteiger partial charge in [0.25, 0.3) is 0 Å². The summed E-state index contributed by atoms with van der Waals surface area (Å²) in [6, 6.07) is 0. The van der Waals surface area contributed by atoms with E-state index >= 15 is 4.79 Å². The van der Waals surface area contributed by atoms with Crippen molar-refractivity contribution in [2.75, 3.05) is 13.2 Å². The molecule has 4 saturated carbocycles. The number of ketones is 1. The Bertz CT molecular complexity index is 1850. The zero-order valence-electron chi connectivity index (χ0n) is 38.9. The smallest absolute Gasteiger partial charge is 0.335 e. The molecule has 0 radical (unpaired) electrons. The first-order chi connectivity index (χ1) is 30.2. The minimum atomic E-state index is -1.98. The highest BCUT2D eigenvalue weighted by molar-refractivity contribution is 5.95. The molecule has 3 saturated heterocycles. The predicted octanol–water partition coefficient (Wildman–Crippen LogP) is 0.523. The van der Waals surface area contributed by atoms with E-state index in [1.165, 1.54) is 0 Å². The summed E-state index contributed by atoms with van der Waals surface area (Å²) in [7, 11) is 0. The van der Waals surface area contributed by atoms with Crippen LogP contribution in [0.2, 0.25) is 0 Å². The van der Waals surface area contributed by atoms with Crippen molar-refractivity contribution in [2.24, 2.45) is 50.2 Å². The van der Waals surface area contributed by atoms with Crippen LogP contribution in [0.5, 0.6) is 0 Å².